The van der Waals surface area contributed by atoms with E-state index < -0.39 is 0 Å². The highest BCUT2D eigenvalue weighted by atomic mass is 15.2. The van der Waals surface area contributed by atoms with Crippen LogP contribution in [0.4, 0.5) is 11.4 Å². The van der Waals surface area contributed by atoms with E-state index in [2.05, 4.69) is 168 Å². The van der Waals surface area contributed by atoms with Gasteiger partial charge in [-0.15, -0.1) is 0 Å². The van der Waals surface area contributed by atoms with E-state index >= 15 is 0 Å². The molecule has 0 aromatic heterocycles. The van der Waals surface area contributed by atoms with Crippen LogP contribution < -0.4 is 10.2 Å². The van der Waals surface area contributed by atoms with Crippen molar-refractivity contribution in [1.29, 1.82) is 0 Å². The molecule has 6 aromatic carbocycles. The van der Waals surface area contributed by atoms with Crippen molar-refractivity contribution >= 4 is 44.6 Å². The van der Waals surface area contributed by atoms with E-state index in [1.807, 2.05) is 12.1 Å². The molecule has 0 bridgehead atoms. The quantitative estimate of drug-likeness (QED) is 0.211. The summed E-state index contributed by atoms with van der Waals surface area (Å²) in [5, 5.41) is 8.55. The Morgan fingerprint density at radius 2 is 1.37 bits per heavy atom. The number of hydrogen-bond acceptors (Lipinski definition) is 4. The highest BCUT2D eigenvalue weighted by molar-refractivity contribution is 6.15. The molecule has 4 nitrogen and oxygen atoms in total. The van der Waals surface area contributed by atoms with Gasteiger partial charge < -0.3 is 10.2 Å². The molecule has 0 saturated carbocycles. The Bertz CT molecular complexity index is 2480. The van der Waals surface area contributed by atoms with Crippen LogP contribution in [0, 0.1) is 5.92 Å². The van der Waals surface area contributed by atoms with Gasteiger partial charge in [-0.25, -0.2) is 9.98 Å². The molecule has 4 heteroatoms. The van der Waals surface area contributed by atoms with Gasteiger partial charge in [0.1, 0.15) is 12.0 Å². The second kappa shape index (κ2) is 11.2. The summed E-state index contributed by atoms with van der Waals surface area (Å²) >= 11 is 0. The fourth-order valence-corrected chi connectivity index (χ4v) is 8.00. The molecular weight excluding hydrogens is 597 g/mol. The summed E-state index contributed by atoms with van der Waals surface area (Å²) in [5.41, 5.74) is 9.53. The van der Waals surface area contributed by atoms with Crippen molar-refractivity contribution < 1.29 is 0 Å². The van der Waals surface area contributed by atoms with Gasteiger partial charge in [-0.05, 0) is 57.1 Å². The minimum absolute atomic E-state index is 0.200. The predicted octanol–water partition coefficient (Wildman–Crippen LogP) is 10.3. The molecular formula is C45H32N4. The lowest BCUT2D eigenvalue weighted by Crippen LogP contribution is -2.33. The van der Waals surface area contributed by atoms with Crippen molar-refractivity contribution in [3.05, 3.63) is 203 Å². The normalized spacial score (nSPS) is 20.5. The predicted molar refractivity (Wildman–Crippen MR) is 203 cm³/mol. The summed E-state index contributed by atoms with van der Waals surface area (Å²) in [6.45, 7) is 0. The zero-order valence-corrected chi connectivity index (χ0v) is 26.7. The average Bonchev–Trinajstić information content (AvgIpc) is 3.53. The van der Waals surface area contributed by atoms with E-state index in [1.54, 1.807) is 0 Å². The molecule has 0 saturated heterocycles. The highest BCUT2D eigenvalue weighted by Crippen LogP contribution is 2.57. The monoisotopic (exact) mass is 628 g/mol. The number of amidine groups is 2. The molecule has 232 valence electrons. The van der Waals surface area contributed by atoms with E-state index in [0.29, 0.717) is 5.84 Å². The van der Waals surface area contributed by atoms with Crippen LogP contribution in [-0.2, 0) is 0 Å². The number of anilines is 2. The minimum Gasteiger partial charge on any atom is -0.344 e. The van der Waals surface area contributed by atoms with E-state index in [-0.39, 0.29) is 18.0 Å². The number of rotatable bonds is 4. The molecule has 2 heterocycles. The lowest BCUT2D eigenvalue weighted by molar-refractivity contribution is 0.655. The molecule has 0 amide bonds. The van der Waals surface area contributed by atoms with Crippen LogP contribution in [0.15, 0.2) is 191 Å². The third-order valence-electron chi connectivity index (χ3n) is 10.2. The molecule has 0 fully saturated rings. The largest absolute Gasteiger partial charge is 0.344 e. The van der Waals surface area contributed by atoms with Gasteiger partial charge in [-0.3, -0.25) is 0 Å². The Morgan fingerprint density at radius 1 is 0.612 bits per heavy atom. The second-order valence-electron chi connectivity index (χ2n) is 13.0. The first-order valence-corrected chi connectivity index (χ1v) is 17.0. The Kier molecular flexibility index (Phi) is 6.34. The number of hydrogen-bond donors (Lipinski definition) is 1. The van der Waals surface area contributed by atoms with E-state index in [0.717, 1.165) is 33.6 Å². The Labute approximate surface area is 285 Å². The zero-order valence-electron chi connectivity index (χ0n) is 26.7. The van der Waals surface area contributed by atoms with Crippen molar-refractivity contribution in [3.8, 4) is 0 Å². The molecule has 0 spiro atoms. The maximum atomic E-state index is 5.25. The molecule has 49 heavy (non-hydrogen) atoms. The summed E-state index contributed by atoms with van der Waals surface area (Å²) in [4.78, 5) is 13.0. The SMILES string of the molecule is C1=CC2=CC=C3C(c4c(ccc5ccccc45)N3c3cc(C4=NC(c5ccccc5)NC(c5ccccc5)=N4)cc4ccccc34)C2C=C1. The van der Waals surface area contributed by atoms with E-state index in [1.165, 1.54) is 38.7 Å². The molecule has 1 N–H and O–H groups in total. The number of allylic oxidation sites excluding steroid dienone is 8. The van der Waals surface area contributed by atoms with Gasteiger partial charge in [0.2, 0.25) is 0 Å². The Hall–Kier alpha value is -6.26. The summed E-state index contributed by atoms with van der Waals surface area (Å²) in [5.74, 6) is 2.00. The Balaban J connectivity index is 1.21. The van der Waals surface area contributed by atoms with Gasteiger partial charge in [0.25, 0.3) is 0 Å². The first-order chi connectivity index (χ1) is 24.3. The van der Waals surface area contributed by atoms with Gasteiger partial charge in [-0.1, -0.05) is 146 Å². The maximum absolute atomic E-state index is 5.25. The fraction of sp³-hybridized carbons (Fsp3) is 0.0667. The molecule has 3 atom stereocenters. The summed E-state index contributed by atoms with van der Waals surface area (Å²) in [7, 11) is 0. The van der Waals surface area contributed by atoms with Crippen LogP contribution in [0.3, 0.4) is 0 Å². The van der Waals surface area contributed by atoms with Crippen LogP contribution in [0.25, 0.3) is 21.5 Å². The number of nitrogens with one attached hydrogen (secondary N) is 1. The molecule has 2 aliphatic carbocycles. The third-order valence-corrected chi connectivity index (χ3v) is 10.2. The molecule has 0 radical (unpaired) electrons. The number of benzene rings is 6. The Morgan fingerprint density at radius 3 is 2.22 bits per heavy atom. The van der Waals surface area contributed by atoms with Gasteiger partial charge >= 0.3 is 0 Å². The van der Waals surface area contributed by atoms with Crippen molar-refractivity contribution in [2.75, 3.05) is 4.90 Å². The molecule has 10 rings (SSSR count). The van der Waals surface area contributed by atoms with E-state index in [9.17, 15) is 0 Å². The van der Waals surface area contributed by atoms with E-state index in [4.69, 9.17) is 9.98 Å². The number of nitrogens with zero attached hydrogens (tertiary/aromatic N) is 3. The number of fused-ring (bicyclic) bond motifs is 8. The first kappa shape index (κ1) is 27.8. The van der Waals surface area contributed by atoms with Crippen LogP contribution in [0.2, 0.25) is 0 Å². The van der Waals surface area contributed by atoms with Crippen molar-refractivity contribution in [3.63, 3.8) is 0 Å². The van der Waals surface area contributed by atoms with Crippen LogP contribution in [0.5, 0.6) is 0 Å². The summed E-state index contributed by atoms with van der Waals surface area (Å²) in [6.07, 6.45) is 13.4. The highest BCUT2D eigenvalue weighted by Gasteiger charge is 2.42. The molecule has 2 aliphatic heterocycles. The van der Waals surface area contributed by atoms with Crippen LogP contribution in [-0.4, -0.2) is 11.7 Å². The number of aliphatic imine (C=N–C) groups is 2. The van der Waals surface area contributed by atoms with Gasteiger partial charge in [0.15, 0.2) is 5.84 Å². The summed E-state index contributed by atoms with van der Waals surface area (Å²) in [6, 6.07) is 47.4. The smallest absolute Gasteiger partial charge is 0.159 e. The summed E-state index contributed by atoms with van der Waals surface area (Å²) < 4.78 is 0. The lowest BCUT2D eigenvalue weighted by atomic mass is 9.75. The second-order valence-corrected chi connectivity index (χ2v) is 13.0. The van der Waals surface area contributed by atoms with Gasteiger partial charge in [0.05, 0.1) is 11.4 Å². The topological polar surface area (TPSA) is 40.0 Å². The third kappa shape index (κ3) is 4.52. The van der Waals surface area contributed by atoms with Crippen molar-refractivity contribution in [2.24, 2.45) is 15.9 Å². The van der Waals surface area contributed by atoms with Crippen LogP contribution >= 0.6 is 0 Å². The first-order valence-electron chi connectivity index (χ1n) is 17.0. The molecule has 3 unspecified atom stereocenters. The average molecular weight is 629 g/mol. The zero-order chi connectivity index (χ0) is 32.3. The minimum atomic E-state index is -0.266. The maximum Gasteiger partial charge on any atom is 0.159 e. The van der Waals surface area contributed by atoms with Gasteiger partial charge in [-0.2, -0.15) is 0 Å². The molecule has 4 aliphatic rings. The molecule has 6 aromatic rings. The van der Waals surface area contributed by atoms with Gasteiger partial charge in [0, 0.05) is 34.0 Å². The lowest BCUT2D eigenvalue weighted by Gasteiger charge is -2.32. The van der Waals surface area contributed by atoms with Crippen molar-refractivity contribution in [1.82, 2.24) is 5.32 Å². The van der Waals surface area contributed by atoms with Crippen LogP contribution in [0.1, 0.15) is 34.3 Å². The fourth-order valence-electron chi connectivity index (χ4n) is 8.00. The van der Waals surface area contributed by atoms with Crippen molar-refractivity contribution in [2.45, 2.75) is 12.1 Å². The standard InChI is InChI=1S/C45H32N4/c1-3-15-31(16-4-1)43-46-44(32-17-5-2-6-18-32)48-45(47-43)34-27-33-19-9-10-20-35(33)40(28-34)49-38-25-23-29-13-7-11-21-36(29)41(38)42-37-22-12-8-14-30(37)24-26-39(42)49/h1-28,36,41,43H,(H,46,47,48).